The summed E-state index contributed by atoms with van der Waals surface area (Å²) in [5.74, 6) is 1.21. The molecule has 4 rings (SSSR count). The Kier molecular flexibility index (Phi) is 4.60. The number of nitrogens with one attached hydrogen (secondary N) is 2. The van der Waals surface area contributed by atoms with Gasteiger partial charge in [-0.2, -0.15) is 4.98 Å². The highest BCUT2D eigenvalue weighted by atomic mass is 35.5. The van der Waals surface area contributed by atoms with E-state index in [1.807, 2.05) is 68.4 Å². The summed E-state index contributed by atoms with van der Waals surface area (Å²) >= 11 is 6.21. The average molecular weight is 376 g/mol. The molecule has 134 valence electrons. The molecule has 0 fully saturated rings. The number of nitrogens with zero attached hydrogens (tertiary/aromatic N) is 3. The third kappa shape index (κ3) is 3.68. The van der Waals surface area contributed by atoms with Gasteiger partial charge in [0.25, 0.3) is 0 Å². The van der Waals surface area contributed by atoms with E-state index >= 15 is 0 Å². The van der Waals surface area contributed by atoms with Gasteiger partial charge >= 0.3 is 0 Å². The topological polar surface area (TPSA) is 62.7 Å². The fraction of sp³-hybridized carbons (Fsp3) is 0.0952. The molecule has 0 unspecified atom stereocenters. The maximum Gasteiger partial charge on any atom is 0.229 e. The van der Waals surface area contributed by atoms with Gasteiger partial charge in [0, 0.05) is 34.1 Å². The molecule has 0 aliphatic rings. The summed E-state index contributed by atoms with van der Waals surface area (Å²) in [5.41, 5.74) is 4.48. The first-order valence-electron chi connectivity index (χ1n) is 8.59. The standard InChI is InChI=1S/C21H18ClN5/c1-13-12-19(25-18-10-3-6-15-7-5-11-23-20(15)18)27-21(24-13)26-17-9-4-8-16(22)14(17)2/h3-12H,1-2H3,(H2,24,25,26,27). The summed E-state index contributed by atoms with van der Waals surface area (Å²) in [4.78, 5) is 13.6. The van der Waals surface area contributed by atoms with Crippen molar-refractivity contribution in [3.05, 3.63) is 77.1 Å². The first-order chi connectivity index (χ1) is 13.1. The number of aromatic nitrogens is 3. The van der Waals surface area contributed by atoms with Gasteiger partial charge in [0.05, 0.1) is 11.2 Å². The SMILES string of the molecule is Cc1cc(Nc2cccc3cccnc23)nc(Nc2cccc(Cl)c2C)n1. The van der Waals surface area contributed by atoms with E-state index in [1.165, 1.54) is 0 Å². The normalized spacial score (nSPS) is 10.8. The number of rotatable bonds is 4. The zero-order valence-electron chi connectivity index (χ0n) is 15.0. The Hall–Kier alpha value is -3.18. The van der Waals surface area contributed by atoms with Crippen molar-refractivity contribution in [2.45, 2.75) is 13.8 Å². The average Bonchev–Trinajstić information content (AvgIpc) is 2.65. The first kappa shape index (κ1) is 17.2. The van der Waals surface area contributed by atoms with E-state index in [0.717, 1.165) is 33.5 Å². The van der Waals surface area contributed by atoms with Crippen molar-refractivity contribution in [3.63, 3.8) is 0 Å². The van der Waals surface area contributed by atoms with E-state index in [1.54, 1.807) is 6.20 Å². The highest BCUT2D eigenvalue weighted by Gasteiger charge is 2.08. The van der Waals surface area contributed by atoms with E-state index in [2.05, 4.69) is 25.6 Å². The first-order valence-corrected chi connectivity index (χ1v) is 8.96. The lowest BCUT2D eigenvalue weighted by atomic mass is 10.2. The number of hydrogen-bond donors (Lipinski definition) is 2. The number of pyridine rings is 1. The van der Waals surface area contributed by atoms with Gasteiger partial charge in [0.1, 0.15) is 5.82 Å². The van der Waals surface area contributed by atoms with Crippen molar-refractivity contribution in [3.8, 4) is 0 Å². The van der Waals surface area contributed by atoms with Crippen LogP contribution in [0.2, 0.25) is 5.02 Å². The zero-order valence-corrected chi connectivity index (χ0v) is 15.7. The van der Waals surface area contributed by atoms with Crippen LogP contribution in [0.3, 0.4) is 0 Å². The van der Waals surface area contributed by atoms with Crippen LogP contribution in [-0.2, 0) is 0 Å². The van der Waals surface area contributed by atoms with Crippen molar-refractivity contribution in [2.24, 2.45) is 0 Å². The molecule has 5 nitrogen and oxygen atoms in total. The minimum Gasteiger partial charge on any atom is -0.338 e. The monoisotopic (exact) mass is 375 g/mol. The second-order valence-corrected chi connectivity index (χ2v) is 6.67. The molecular formula is C21H18ClN5. The van der Waals surface area contributed by atoms with Crippen molar-refractivity contribution in [1.82, 2.24) is 15.0 Å². The summed E-state index contributed by atoms with van der Waals surface area (Å²) < 4.78 is 0. The smallest absolute Gasteiger partial charge is 0.229 e. The minimum absolute atomic E-state index is 0.510. The van der Waals surface area contributed by atoms with Crippen LogP contribution < -0.4 is 10.6 Å². The van der Waals surface area contributed by atoms with Crippen LogP contribution in [0.15, 0.2) is 60.8 Å². The summed E-state index contributed by atoms with van der Waals surface area (Å²) in [6.07, 6.45) is 1.79. The summed E-state index contributed by atoms with van der Waals surface area (Å²) in [6.45, 7) is 3.89. The molecule has 2 N–H and O–H groups in total. The number of aryl methyl sites for hydroxylation is 1. The lowest BCUT2D eigenvalue weighted by Crippen LogP contribution is -2.03. The third-order valence-corrected chi connectivity index (χ3v) is 4.67. The van der Waals surface area contributed by atoms with Gasteiger partial charge < -0.3 is 10.6 Å². The minimum atomic E-state index is 0.510. The molecule has 0 saturated heterocycles. The molecular weight excluding hydrogens is 358 g/mol. The van der Waals surface area contributed by atoms with Crippen LogP contribution in [0.1, 0.15) is 11.3 Å². The Bertz CT molecular complexity index is 1120. The number of benzene rings is 2. The molecule has 0 saturated carbocycles. The molecule has 0 amide bonds. The van der Waals surface area contributed by atoms with Gasteiger partial charge in [-0.05, 0) is 43.7 Å². The molecule has 0 spiro atoms. The van der Waals surface area contributed by atoms with E-state index < -0.39 is 0 Å². The largest absolute Gasteiger partial charge is 0.338 e. The van der Waals surface area contributed by atoms with E-state index in [0.29, 0.717) is 16.8 Å². The van der Waals surface area contributed by atoms with Crippen LogP contribution in [0.4, 0.5) is 23.1 Å². The summed E-state index contributed by atoms with van der Waals surface area (Å²) in [7, 11) is 0. The fourth-order valence-electron chi connectivity index (χ4n) is 2.89. The van der Waals surface area contributed by atoms with E-state index in [-0.39, 0.29) is 0 Å². The molecule has 0 bridgehead atoms. The quantitative estimate of drug-likeness (QED) is 0.473. The number of hydrogen-bond acceptors (Lipinski definition) is 5. The lowest BCUT2D eigenvalue weighted by molar-refractivity contribution is 1.11. The Morgan fingerprint density at radius 1 is 0.852 bits per heavy atom. The van der Waals surface area contributed by atoms with Crippen molar-refractivity contribution in [2.75, 3.05) is 10.6 Å². The summed E-state index contributed by atoms with van der Waals surface area (Å²) in [6, 6.07) is 17.6. The molecule has 0 atom stereocenters. The molecule has 2 heterocycles. The zero-order chi connectivity index (χ0) is 18.8. The number of anilines is 4. The Morgan fingerprint density at radius 2 is 1.63 bits per heavy atom. The van der Waals surface area contributed by atoms with Gasteiger partial charge in [0.2, 0.25) is 5.95 Å². The molecule has 0 aliphatic carbocycles. The fourth-order valence-corrected chi connectivity index (χ4v) is 3.07. The van der Waals surface area contributed by atoms with Crippen LogP contribution in [0.5, 0.6) is 0 Å². The van der Waals surface area contributed by atoms with Crippen LogP contribution in [0, 0.1) is 13.8 Å². The molecule has 6 heteroatoms. The second-order valence-electron chi connectivity index (χ2n) is 6.26. The predicted molar refractivity (Wildman–Crippen MR) is 111 cm³/mol. The maximum absolute atomic E-state index is 6.21. The number of fused-ring (bicyclic) bond motifs is 1. The number of halogens is 1. The molecule has 2 aromatic carbocycles. The number of para-hydroxylation sites is 1. The molecule has 4 aromatic rings. The van der Waals surface area contributed by atoms with E-state index in [4.69, 9.17) is 11.6 Å². The van der Waals surface area contributed by atoms with Crippen LogP contribution in [-0.4, -0.2) is 15.0 Å². The van der Waals surface area contributed by atoms with E-state index in [9.17, 15) is 0 Å². The van der Waals surface area contributed by atoms with Crippen molar-refractivity contribution in [1.29, 1.82) is 0 Å². The Morgan fingerprint density at radius 3 is 2.52 bits per heavy atom. The van der Waals surface area contributed by atoms with Gasteiger partial charge in [-0.1, -0.05) is 35.9 Å². The predicted octanol–water partition coefficient (Wildman–Crippen LogP) is 5.78. The molecule has 27 heavy (non-hydrogen) atoms. The third-order valence-electron chi connectivity index (χ3n) is 4.26. The maximum atomic E-state index is 6.21. The Balaban J connectivity index is 1.67. The highest BCUT2D eigenvalue weighted by Crippen LogP contribution is 2.27. The van der Waals surface area contributed by atoms with Gasteiger partial charge in [-0.15, -0.1) is 0 Å². The Labute approximate surface area is 162 Å². The second kappa shape index (κ2) is 7.21. The summed E-state index contributed by atoms with van der Waals surface area (Å²) in [5, 5.41) is 8.39. The van der Waals surface area contributed by atoms with Gasteiger partial charge in [-0.3, -0.25) is 4.98 Å². The van der Waals surface area contributed by atoms with Gasteiger partial charge in [0.15, 0.2) is 0 Å². The van der Waals surface area contributed by atoms with Crippen molar-refractivity contribution < 1.29 is 0 Å². The molecule has 2 aromatic heterocycles. The lowest BCUT2D eigenvalue weighted by Gasteiger charge is -2.13. The van der Waals surface area contributed by atoms with Crippen LogP contribution in [0.25, 0.3) is 10.9 Å². The van der Waals surface area contributed by atoms with Crippen LogP contribution >= 0.6 is 11.6 Å². The van der Waals surface area contributed by atoms with Crippen molar-refractivity contribution >= 4 is 45.6 Å². The van der Waals surface area contributed by atoms with Gasteiger partial charge in [-0.25, -0.2) is 4.98 Å². The highest BCUT2D eigenvalue weighted by molar-refractivity contribution is 6.31. The molecule has 0 radical (unpaired) electrons. The molecule has 0 aliphatic heterocycles.